The maximum atomic E-state index is 12.6. The first-order chi connectivity index (χ1) is 8.24. The minimum Gasteiger partial charge on any atom is -0.379 e. The van der Waals surface area contributed by atoms with Crippen molar-refractivity contribution in [3.05, 3.63) is 21.6 Å². The molecule has 2 rings (SSSR count). The van der Waals surface area contributed by atoms with E-state index in [1.165, 1.54) is 16.3 Å². The fraction of sp³-hybridized carbons (Fsp3) is 0.556. The topological polar surface area (TPSA) is 66.6 Å². The van der Waals surface area contributed by atoms with E-state index >= 15 is 0 Å². The number of aliphatic hydroxyl groups is 1. The van der Waals surface area contributed by atoms with Crippen LogP contribution in [-0.4, -0.2) is 34.9 Å². The monoisotopic (exact) mass is 282 g/mol. The second kappa shape index (κ2) is 4.09. The Morgan fingerprint density at radius 1 is 1.56 bits per heavy atom. The van der Waals surface area contributed by atoms with Gasteiger partial charge in [0.1, 0.15) is 0 Å². The number of thiophene rings is 1. The van der Waals surface area contributed by atoms with Gasteiger partial charge in [0.15, 0.2) is 10.6 Å². The second-order valence-electron chi connectivity index (χ2n) is 4.07. The van der Waals surface area contributed by atoms with E-state index in [-0.39, 0.29) is 17.2 Å². The Morgan fingerprint density at radius 3 is 2.72 bits per heavy atom. The second-order valence-corrected chi connectivity index (χ2v) is 4.96. The third-order valence-corrected chi connectivity index (χ3v) is 3.85. The lowest BCUT2D eigenvalue weighted by atomic mass is 10.0. The number of nitro groups is 1. The average Bonchev–Trinajstić information content (AvgIpc) is 2.82. The third kappa shape index (κ3) is 2.03. The molecule has 0 aromatic carbocycles. The SMILES string of the molecule is O=[N+]([O-])c1ccsc1N1CC[C@](O)(C(F)(F)F)C1. The highest BCUT2D eigenvalue weighted by molar-refractivity contribution is 7.14. The average molecular weight is 282 g/mol. The molecule has 0 bridgehead atoms. The summed E-state index contributed by atoms with van der Waals surface area (Å²) in [6.45, 7) is -0.727. The van der Waals surface area contributed by atoms with Gasteiger partial charge in [-0.05, 0) is 5.38 Å². The fourth-order valence-electron chi connectivity index (χ4n) is 1.87. The Kier molecular flexibility index (Phi) is 2.98. The smallest absolute Gasteiger partial charge is 0.379 e. The number of β-amino-alcohol motifs (C(OH)–C–C–N with tert-alkyl or cyclic N) is 1. The van der Waals surface area contributed by atoms with Crippen LogP contribution in [0, 0.1) is 10.1 Å². The zero-order valence-corrected chi connectivity index (χ0v) is 9.79. The molecular formula is C9H9F3N2O3S. The highest BCUT2D eigenvalue weighted by Crippen LogP contribution is 2.43. The van der Waals surface area contributed by atoms with Crippen LogP contribution < -0.4 is 4.90 Å². The van der Waals surface area contributed by atoms with Gasteiger partial charge in [0.05, 0.1) is 11.5 Å². The zero-order chi connectivity index (χ0) is 13.6. The molecule has 1 N–H and O–H groups in total. The number of anilines is 1. The van der Waals surface area contributed by atoms with Crippen LogP contribution in [0.3, 0.4) is 0 Å². The lowest BCUT2D eigenvalue weighted by Gasteiger charge is -2.25. The minimum atomic E-state index is -4.73. The summed E-state index contributed by atoms with van der Waals surface area (Å²) in [5, 5.41) is 21.8. The van der Waals surface area contributed by atoms with Crippen molar-refractivity contribution in [2.45, 2.75) is 18.2 Å². The normalized spacial score (nSPS) is 24.6. The number of hydrogen-bond donors (Lipinski definition) is 1. The van der Waals surface area contributed by atoms with E-state index in [2.05, 4.69) is 0 Å². The van der Waals surface area contributed by atoms with E-state index in [0.717, 1.165) is 11.3 Å². The summed E-state index contributed by atoms with van der Waals surface area (Å²) in [5.74, 6) is 0. The van der Waals surface area contributed by atoms with Crippen molar-refractivity contribution >= 4 is 22.0 Å². The predicted octanol–water partition coefficient (Wildman–Crippen LogP) is 2.16. The van der Waals surface area contributed by atoms with Crippen LogP contribution >= 0.6 is 11.3 Å². The number of halogens is 3. The Bertz CT molecular complexity index is 476. The van der Waals surface area contributed by atoms with Gasteiger partial charge in [0.2, 0.25) is 0 Å². The van der Waals surface area contributed by atoms with Crippen molar-refractivity contribution in [2.24, 2.45) is 0 Å². The first kappa shape index (κ1) is 13.1. The van der Waals surface area contributed by atoms with Gasteiger partial charge in [-0.15, -0.1) is 11.3 Å². The molecule has 1 fully saturated rings. The van der Waals surface area contributed by atoms with Crippen molar-refractivity contribution < 1.29 is 23.2 Å². The van der Waals surface area contributed by atoms with Gasteiger partial charge >= 0.3 is 11.9 Å². The van der Waals surface area contributed by atoms with E-state index < -0.39 is 29.7 Å². The maximum Gasteiger partial charge on any atom is 0.418 e. The summed E-state index contributed by atoms with van der Waals surface area (Å²) in [7, 11) is 0. The Labute approximate surface area is 104 Å². The summed E-state index contributed by atoms with van der Waals surface area (Å²) < 4.78 is 37.8. The molecule has 1 aliphatic rings. The number of rotatable bonds is 2. The number of nitrogens with zero attached hydrogens (tertiary/aromatic N) is 2. The molecule has 0 radical (unpaired) electrons. The number of alkyl halides is 3. The van der Waals surface area contributed by atoms with Crippen LogP contribution in [0.25, 0.3) is 0 Å². The molecule has 1 aromatic rings. The van der Waals surface area contributed by atoms with Crippen LogP contribution in [0.5, 0.6) is 0 Å². The minimum absolute atomic E-state index is 0.0582. The summed E-state index contributed by atoms with van der Waals surface area (Å²) in [6.07, 6.45) is -5.21. The lowest BCUT2D eigenvalue weighted by molar-refractivity contribution is -0.383. The predicted molar refractivity (Wildman–Crippen MR) is 58.8 cm³/mol. The Balaban J connectivity index is 2.24. The highest BCUT2D eigenvalue weighted by Gasteiger charge is 2.57. The molecule has 100 valence electrons. The molecular weight excluding hydrogens is 273 g/mol. The lowest BCUT2D eigenvalue weighted by Crippen LogP contribution is -2.47. The van der Waals surface area contributed by atoms with Gasteiger partial charge in [-0.2, -0.15) is 13.2 Å². The first-order valence-corrected chi connectivity index (χ1v) is 5.88. The van der Waals surface area contributed by atoms with Gasteiger partial charge < -0.3 is 10.0 Å². The van der Waals surface area contributed by atoms with Gasteiger partial charge in [-0.1, -0.05) is 0 Å². The van der Waals surface area contributed by atoms with Crippen LogP contribution in [0.2, 0.25) is 0 Å². The molecule has 1 saturated heterocycles. The van der Waals surface area contributed by atoms with Crippen LogP contribution in [0.15, 0.2) is 11.4 Å². The molecule has 1 atom stereocenters. The molecule has 2 heterocycles. The quantitative estimate of drug-likeness (QED) is 0.666. The largest absolute Gasteiger partial charge is 0.418 e. The van der Waals surface area contributed by atoms with E-state index in [9.17, 15) is 28.4 Å². The van der Waals surface area contributed by atoms with E-state index in [0.29, 0.717) is 0 Å². The zero-order valence-electron chi connectivity index (χ0n) is 8.98. The first-order valence-electron chi connectivity index (χ1n) is 5.00. The standard InChI is InChI=1S/C9H9F3N2O3S/c10-9(11,12)8(15)2-3-13(5-8)7-6(14(16)17)1-4-18-7/h1,4,15H,2-3,5H2/t8-/m1/s1. The summed E-state index contributed by atoms with van der Waals surface area (Å²) in [5.41, 5.74) is -3.02. The van der Waals surface area contributed by atoms with Crippen molar-refractivity contribution in [3.63, 3.8) is 0 Å². The van der Waals surface area contributed by atoms with Crippen LogP contribution in [0.1, 0.15) is 6.42 Å². The molecule has 1 aliphatic heterocycles. The van der Waals surface area contributed by atoms with Gasteiger partial charge in [-0.3, -0.25) is 10.1 Å². The fourth-order valence-corrected chi connectivity index (χ4v) is 2.76. The van der Waals surface area contributed by atoms with E-state index in [1.807, 2.05) is 0 Å². The highest BCUT2D eigenvalue weighted by atomic mass is 32.1. The molecule has 0 unspecified atom stereocenters. The number of hydrogen-bond acceptors (Lipinski definition) is 5. The van der Waals surface area contributed by atoms with Gasteiger partial charge in [0.25, 0.3) is 0 Å². The summed E-state index contributed by atoms with van der Waals surface area (Å²) in [6, 6.07) is 1.24. The van der Waals surface area contributed by atoms with Crippen LogP contribution in [-0.2, 0) is 0 Å². The van der Waals surface area contributed by atoms with Crippen molar-refractivity contribution in [1.82, 2.24) is 0 Å². The molecule has 0 spiro atoms. The summed E-state index contributed by atoms with van der Waals surface area (Å²) in [4.78, 5) is 11.3. The summed E-state index contributed by atoms with van der Waals surface area (Å²) >= 11 is 0.992. The van der Waals surface area contributed by atoms with Crippen molar-refractivity contribution in [1.29, 1.82) is 0 Å². The molecule has 0 saturated carbocycles. The molecule has 9 heteroatoms. The Hall–Kier alpha value is -1.35. The maximum absolute atomic E-state index is 12.6. The molecule has 0 aliphatic carbocycles. The van der Waals surface area contributed by atoms with Crippen LogP contribution in [0.4, 0.5) is 23.9 Å². The molecule has 18 heavy (non-hydrogen) atoms. The van der Waals surface area contributed by atoms with Gasteiger partial charge in [0, 0.05) is 19.0 Å². The van der Waals surface area contributed by atoms with Crippen molar-refractivity contribution in [2.75, 3.05) is 18.0 Å². The van der Waals surface area contributed by atoms with Crippen molar-refractivity contribution in [3.8, 4) is 0 Å². The molecule has 1 aromatic heterocycles. The van der Waals surface area contributed by atoms with E-state index in [1.54, 1.807) is 0 Å². The van der Waals surface area contributed by atoms with Gasteiger partial charge in [-0.25, -0.2) is 0 Å². The van der Waals surface area contributed by atoms with E-state index in [4.69, 9.17) is 0 Å². The Morgan fingerprint density at radius 2 is 2.22 bits per heavy atom. The molecule has 5 nitrogen and oxygen atoms in total. The molecule has 0 amide bonds. The third-order valence-electron chi connectivity index (χ3n) is 2.88.